The summed E-state index contributed by atoms with van der Waals surface area (Å²) < 4.78 is 61.2. The summed E-state index contributed by atoms with van der Waals surface area (Å²) in [6.07, 6.45) is 1.04. The second-order valence-corrected chi connectivity index (χ2v) is 8.10. The van der Waals surface area contributed by atoms with Gasteiger partial charge in [-0.25, -0.2) is 13.4 Å². The number of alkyl halides is 3. The number of rotatable bonds is 5. The van der Waals surface area contributed by atoms with Crippen LogP contribution in [0, 0.1) is 0 Å². The first-order valence-electron chi connectivity index (χ1n) is 8.11. The number of sulfone groups is 1. The lowest BCUT2D eigenvalue weighted by Gasteiger charge is -2.27. The standard InChI is InChI=1S/C17H15F3N4O3S/c18-17(19,20)15-9-22-13(8-23-15)7-16(25)24(10-12-1-4-21-5-2-12)14-3-6-28(26,27)11-14/h1-6,8-9,14H,7,10-11H2. The molecule has 3 rings (SSSR count). The number of carbonyl (C=O) groups excluding carboxylic acids is 1. The molecule has 2 aromatic heterocycles. The number of nitrogens with zero attached hydrogens (tertiary/aromatic N) is 4. The van der Waals surface area contributed by atoms with Gasteiger partial charge in [0.2, 0.25) is 5.91 Å². The second kappa shape index (κ2) is 7.66. The minimum atomic E-state index is -4.62. The molecule has 1 amide bonds. The molecule has 0 saturated heterocycles. The number of aromatic nitrogens is 3. The van der Waals surface area contributed by atoms with Gasteiger partial charge in [0.1, 0.15) is 0 Å². The van der Waals surface area contributed by atoms with E-state index in [2.05, 4.69) is 15.0 Å². The maximum absolute atomic E-state index is 12.8. The van der Waals surface area contributed by atoms with Crippen LogP contribution < -0.4 is 0 Å². The Bertz CT molecular complexity index is 977. The molecule has 148 valence electrons. The van der Waals surface area contributed by atoms with E-state index in [1.54, 1.807) is 24.5 Å². The second-order valence-electron chi connectivity index (χ2n) is 6.17. The quantitative estimate of drug-likeness (QED) is 0.743. The van der Waals surface area contributed by atoms with Crippen molar-refractivity contribution in [1.29, 1.82) is 0 Å². The van der Waals surface area contributed by atoms with Crippen molar-refractivity contribution in [3.63, 3.8) is 0 Å². The fourth-order valence-corrected chi connectivity index (χ4v) is 3.98. The van der Waals surface area contributed by atoms with Gasteiger partial charge in [-0.1, -0.05) is 0 Å². The summed E-state index contributed by atoms with van der Waals surface area (Å²) in [7, 11) is -3.40. The average molecular weight is 412 g/mol. The van der Waals surface area contributed by atoms with Crippen LogP contribution in [0.1, 0.15) is 17.0 Å². The Morgan fingerprint density at radius 1 is 1.18 bits per heavy atom. The lowest BCUT2D eigenvalue weighted by Crippen LogP contribution is -2.41. The SMILES string of the molecule is O=C(Cc1cnc(C(F)(F)F)cn1)N(Cc1ccncc1)C1C=CS(=O)(=O)C1. The first kappa shape index (κ1) is 19.9. The molecule has 0 saturated carbocycles. The van der Waals surface area contributed by atoms with E-state index < -0.39 is 33.7 Å². The molecule has 0 aromatic carbocycles. The van der Waals surface area contributed by atoms with Crippen molar-refractivity contribution < 1.29 is 26.4 Å². The van der Waals surface area contributed by atoms with Gasteiger partial charge >= 0.3 is 6.18 Å². The molecule has 3 heterocycles. The highest BCUT2D eigenvalue weighted by atomic mass is 32.2. The van der Waals surface area contributed by atoms with E-state index in [0.717, 1.165) is 17.2 Å². The van der Waals surface area contributed by atoms with E-state index in [9.17, 15) is 26.4 Å². The van der Waals surface area contributed by atoms with Gasteiger partial charge in [0.25, 0.3) is 0 Å². The van der Waals surface area contributed by atoms with Gasteiger partial charge in [0, 0.05) is 30.5 Å². The summed E-state index contributed by atoms with van der Waals surface area (Å²) in [5.74, 6) is -0.722. The smallest absolute Gasteiger partial charge is 0.331 e. The highest BCUT2D eigenvalue weighted by Crippen LogP contribution is 2.26. The lowest BCUT2D eigenvalue weighted by atomic mass is 10.1. The van der Waals surface area contributed by atoms with Crippen molar-refractivity contribution in [2.75, 3.05) is 5.75 Å². The fraction of sp³-hybridized carbons (Fsp3) is 0.294. The van der Waals surface area contributed by atoms with E-state index in [-0.39, 0.29) is 24.4 Å². The minimum absolute atomic E-state index is 0.0579. The summed E-state index contributed by atoms with van der Waals surface area (Å²) in [5.41, 5.74) is -0.357. The molecule has 1 aliphatic rings. The molecule has 1 unspecified atom stereocenters. The molecular formula is C17H15F3N4O3S. The van der Waals surface area contributed by atoms with Crippen LogP contribution in [0.3, 0.4) is 0 Å². The van der Waals surface area contributed by atoms with Crippen LogP contribution in [-0.4, -0.2) is 46.0 Å². The fourth-order valence-electron chi connectivity index (χ4n) is 2.68. The van der Waals surface area contributed by atoms with Gasteiger partial charge < -0.3 is 4.90 Å². The Morgan fingerprint density at radius 3 is 2.43 bits per heavy atom. The van der Waals surface area contributed by atoms with Crippen LogP contribution in [0.25, 0.3) is 0 Å². The summed E-state index contributed by atoms with van der Waals surface area (Å²) in [4.78, 5) is 25.0. The van der Waals surface area contributed by atoms with Crippen LogP contribution in [0.4, 0.5) is 13.2 Å². The Hall–Kier alpha value is -2.82. The normalized spacial score (nSPS) is 18.2. The van der Waals surface area contributed by atoms with Crippen LogP contribution in [0.15, 0.2) is 48.4 Å². The molecule has 0 bridgehead atoms. The molecule has 11 heteroatoms. The van der Waals surface area contributed by atoms with E-state index in [4.69, 9.17) is 0 Å². The predicted octanol–water partition coefficient (Wildman–Crippen LogP) is 1.77. The van der Waals surface area contributed by atoms with E-state index in [1.807, 2.05) is 0 Å². The molecule has 1 aliphatic heterocycles. The number of pyridine rings is 1. The molecule has 0 radical (unpaired) electrons. The first-order valence-corrected chi connectivity index (χ1v) is 9.83. The zero-order valence-corrected chi connectivity index (χ0v) is 15.2. The molecule has 2 aromatic rings. The monoisotopic (exact) mass is 412 g/mol. The molecule has 0 N–H and O–H groups in total. The third kappa shape index (κ3) is 4.91. The van der Waals surface area contributed by atoms with Gasteiger partial charge in [-0.15, -0.1) is 0 Å². The lowest BCUT2D eigenvalue weighted by molar-refractivity contribution is -0.141. The van der Waals surface area contributed by atoms with Crippen LogP contribution in [0.5, 0.6) is 0 Å². The first-order chi connectivity index (χ1) is 13.1. The summed E-state index contributed by atoms with van der Waals surface area (Å²) in [6.45, 7) is 0.125. The van der Waals surface area contributed by atoms with Crippen LogP contribution >= 0.6 is 0 Å². The van der Waals surface area contributed by atoms with E-state index >= 15 is 0 Å². The van der Waals surface area contributed by atoms with E-state index in [0.29, 0.717) is 6.20 Å². The van der Waals surface area contributed by atoms with E-state index in [1.165, 1.54) is 11.0 Å². The highest BCUT2D eigenvalue weighted by Gasteiger charge is 2.33. The zero-order chi connectivity index (χ0) is 20.4. The van der Waals surface area contributed by atoms with Crippen molar-refractivity contribution in [2.24, 2.45) is 0 Å². The maximum Gasteiger partial charge on any atom is 0.434 e. The highest BCUT2D eigenvalue weighted by molar-refractivity contribution is 7.94. The minimum Gasteiger partial charge on any atom is -0.331 e. The van der Waals surface area contributed by atoms with Crippen molar-refractivity contribution in [2.45, 2.75) is 25.2 Å². The van der Waals surface area contributed by atoms with Gasteiger partial charge in [-0.2, -0.15) is 13.2 Å². The molecule has 0 fully saturated rings. The number of hydrogen-bond donors (Lipinski definition) is 0. The Labute approximate surface area is 158 Å². The van der Waals surface area contributed by atoms with Crippen molar-refractivity contribution in [1.82, 2.24) is 19.9 Å². The van der Waals surface area contributed by atoms with Gasteiger partial charge in [0.05, 0.1) is 30.1 Å². The van der Waals surface area contributed by atoms with Crippen molar-refractivity contribution in [3.05, 3.63) is 65.4 Å². The zero-order valence-electron chi connectivity index (χ0n) is 14.4. The van der Waals surface area contributed by atoms with Gasteiger partial charge in [-0.05, 0) is 23.8 Å². The molecule has 1 atom stereocenters. The van der Waals surface area contributed by atoms with Gasteiger partial charge in [0.15, 0.2) is 15.5 Å². The maximum atomic E-state index is 12.8. The third-order valence-electron chi connectivity index (χ3n) is 4.06. The largest absolute Gasteiger partial charge is 0.434 e. The third-order valence-corrected chi connectivity index (χ3v) is 5.44. The molecule has 0 aliphatic carbocycles. The molecule has 7 nitrogen and oxygen atoms in total. The summed E-state index contributed by atoms with van der Waals surface area (Å²) >= 11 is 0. The Morgan fingerprint density at radius 2 is 1.89 bits per heavy atom. The Kier molecular flexibility index (Phi) is 5.45. The molecule has 28 heavy (non-hydrogen) atoms. The summed E-state index contributed by atoms with van der Waals surface area (Å²) in [6, 6.07) is 2.70. The average Bonchev–Trinajstić information content (AvgIpc) is 2.99. The number of halogens is 3. The van der Waals surface area contributed by atoms with Crippen molar-refractivity contribution in [3.8, 4) is 0 Å². The number of carbonyl (C=O) groups is 1. The summed E-state index contributed by atoms with van der Waals surface area (Å²) in [5, 5.41) is 1.06. The predicted molar refractivity (Wildman–Crippen MR) is 92.2 cm³/mol. The molecular weight excluding hydrogens is 397 g/mol. The van der Waals surface area contributed by atoms with Gasteiger partial charge in [-0.3, -0.25) is 14.8 Å². The van der Waals surface area contributed by atoms with Crippen LogP contribution in [0.2, 0.25) is 0 Å². The molecule has 0 spiro atoms. The Balaban J connectivity index is 1.79. The van der Waals surface area contributed by atoms with Crippen molar-refractivity contribution >= 4 is 15.7 Å². The number of amides is 1. The topological polar surface area (TPSA) is 93.1 Å². The number of hydrogen-bond acceptors (Lipinski definition) is 6. The van der Waals surface area contributed by atoms with Crippen LogP contribution in [-0.2, 0) is 33.8 Å².